The Morgan fingerprint density at radius 2 is 2.33 bits per heavy atom. The van der Waals surface area contributed by atoms with Crippen LogP contribution < -0.4 is 5.73 Å². The minimum absolute atomic E-state index is 0.0800. The van der Waals surface area contributed by atoms with Crippen molar-refractivity contribution in [3.63, 3.8) is 0 Å². The van der Waals surface area contributed by atoms with Gasteiger partial charge >= 0.3 is 0 Å². The summed E-state index contributed by atoms with van der Waals surface area (Å²) in [6.07, 6.45) is 0.327. The second-order valence-electron chi connectivity index (χ2n) is 3.80. The van der Waals surface area contributed by atoms with Crippen molar-refractivity contribution >= 4 is 17.2 Å². The lowest BCUT2D eigenvalue weighted by Gasteiger charge is -2.22. The number of rotatable bonds is 3. The molecular formula is C13H15N3OS. The second kappa shape index (κ2) is 6.80. The zero-order chi connectivity index (χ0) is 13.5. The summed E-state index contributed by atoms with van der Waals surface area (Å²) >= 11 is 1.34. The normalized spacial score (nSPS) is 11.0. The van der Waals surface area contributed by atoms with Gasteiger partial charge in [-0.25, -0.2) is 0 Å². The van der Waals surface area contributed by atoms with E-state index in [-0.39, 0.29) is 11.9 Å². The van der Waals surface area contributed by atoms with E-state index in [0.717, 1.165) is 4.88 Å². The summed E-state index contributed by atoms with van der Waals surface area (Å²) in [5.41, 5.74) is 5.29. The first-order chi connectivity index (χ1) is 8.60. The van der Waals surface area contributed by atoms with Crippen molar-refractivity contribution in [1.29, 1.82) is 5.26 Å². The van der Waals surface area contributed by atoms with Crippen LogP contribution in [-0.2, 0) is 0 Å². The van der Waals surface area contributed by atoms with Crippen molar-refractivity contribution in [1.82, 2.24) is 4.90 Å². The number of nitrogens with two attached hydrogens (primary N) is 1. The molecule has 0 saturated carbocycles. The zero-order valence-corrected chi connectivity index (χ0v) is 11.3. The number of nitrogens with zero attached hydrogens (tertiary/aromatic N) is 2. The van der Waals surface area contributed by atoms with Gasteiger partial charge in [0.15, 0.2) is 0 Å². The second-order valence-corrected chi connectivity index (χ2v) is 4.88. The maximum Gasteiger partial charge on any atom is 0.263 e. The molecule has 5 heteroatoms. The Morgan fingerprint density at radius 3 is 2.94 bits per heavy atom. The van der Waals surface area contributed by atoms with Crippen LogP contribution in [-0.4, -0.2) is 30.4 Å². The third-order valence-corrected chi connectivity index (χ3v) is 3.49. The summed E-state index contributed by atoms with van der Waals surface area (Å²) in [5.74, 6) is 5.56. The fourth-order valence-corrected chi connectivity index (χ4v) is 2.16. The maximum absolute atomic E-state index is 12.1. The van der Waals surface area contributed by atoms with E-state index in [4.69, 9.17) is 11.0 Å². The van der Waals surface area contributed by atoms with Gasteiger partial charge in [0.2, 0.25) is 0 Å². The summed E-state index contributed by atoms with van der Waals surface area (Å²) in [6, 6.07) is 5.53. The minimum Gasteiger partial charge on any atom is -0.337 e. The van der Waals surface area contributed by atoms with Crippen molar-refractivity contribution in [2.45, 2.75) is 19.4 Å². The molecule has 1 aromatic heterocycles. The Labute approximate surface area is 111 Å². The summed E-state index contributed by atoms with van der Waals surface area (Å²) < 4.78 is 0. The number of amides is 1. The predicted octanol–water partition coefficient (Wildman–Crippen LogP) is 1.43. The molecule has 0 aliphatic heterocycles. The number of hydrogen-bond acceptors (Lipinski definition) is 4. The molecule has 1 rings (SSSR count). The standard InChI is InChI=1S/C13H15N3OS/c1-10(7-9-15)16(2)13(17)12-6-5-11(18-12)4-3-8-14/h5-6,10H,7-8,14H2,1-2H3. The van der Waals surface area contributed by atoms with E-state index < -0.39 is 0 Å². The Bertz CT molecular complexity index is 518. The summed E-state index contributed by atoms with van der Waals surface area (Å²) in [4.78, 5) is 15.1. The third kappa shape index (κ3) is 3.59. The molecule has 0 aromatic carbocycles. The van der Waals surface area contributed by atoms with Crippen LogP contribution in [0.3, 0.4) is 0 Å². The minimum atomic E-state index is -0.0943. The number of nitriles is 1. The summed E-state index contributed by atoms with van der Waals surface area (Å²) in [6.45, 7) is 2.16. The van der Waals surface area contributed by atoms with E-state index in [1.54, 1.807) is 18.0 Å². The largest absolute Gasteiger partial charge is 0.337 e. The molecule has 18 heavy (non-hydrogen) atoms. The highest BCUT2D eigenvalue weighted by Crippen LogP contribution is 2.18. The Morgan fingerprint density at radius 1 is 1.61 bits per heavy atom. The van der Waals surface area contributed by atoms with E-state index >= 15 is 0 Å². The molecule has 0 bridgehead atoms. The van der Waals surface area contributed by atoms with Crippen molar-refractivity contribution in [2.75, 3.05) is 13.6 Å². The number of thiophene rings is 1. The molecule has 0 spiro atoms. The van der Waals surface area contributed by atoms with Crippen molar-refractivity contribution in [3.8, 4) is 17.9 Å². The van der Waals surface area contributed by atoms with Gasteiger partial charge in [-0.2, -0.15) is 5.26 Å². The lowest BCUT2D eigenvalue weighted by Crippen LogP contribution is -2.34. The Balaban J connectivity index is 2.78. The SMILES string of the molecule is CC(CC#N)N(C)C(=O)c1ccc(C#CCN)s1. The number of carbonyl (C=O) groups is 1. The monoisotopic (exact) mass is 261 g/mol. The Kier molecular flexibility index (Phi) is 5.38. The molecule has 94 valence electrons. The Hall–Kier alpha value is -1.82. The first kappa shape index (κ1) is 14.2. The molecule has 4 nitrogen and oxygen atoms in total. The van der Waals surface area contributed by atoms with Gasteiger partial charge in [0.25, 0.3) is 5.91 Å². The fraction of sp³-hybridized carbons (Fsp3) is 0.385. The molecule has 0 saturated heterocycles. The lowest BCUT2D eigenvalue weighted by atomic mass is 10.2. The molecule has 0 radical (unpaired) electrons. The van der Waals surface area contributed by atoms with E-state index in [0.29, 0.717) is 17.8 Å². The van der Waals surface area contributed by atoms with Crippen LogP contribution in [0.1, 0.15) is 27.9 Å². The first-order valence-electron chi connectivity index (χ1n) is 5.53. The van der Waals surface area contributed by atoms with Gasteiger partial charge in [-0.05, 0) is 19.1 Å². The maximum atomic E-state index is 12.1. The average Bonchev–Trinajstić information content (AvgIpc) is 2.83. The molecule has 2 N–H and O–H groups in total. The molecule has 0 aliphatic carbocycles. The van der Waals surface area contributed by atoms with E-state index in [1.807, 2.05) is 13.0 Å². The van der Waals surface area contributed by atoms with Gasteiger partial charge in [-0.15, -0.1) is 11.3 Å². The molecule has 1 unspecified atom stereocenters. The van der Waals surface area contributed by atoms with Crippen LogP contribution in [0, 0.1) is 23.2 Å². The van der Waals surface area contributed by atoms with Crippen LogP contribution in [0.25, 0.3) is 0 Å². The lowest BCUT2D eigenvalue weighted by molar-refractivity contribution is 0.0751. The van der Waals surface area contributed by atoms with Crippen LogP contribution in [0.15, 0.2) is 12.1 Å². The van der Waals surface area contributed by atoms with E-state index in [1.165, 1.54) is 11.3 Å². The molecule has 1 atom stereocenters. The first-order valence-corrected chi connectivity index (χ1v) is 6.34. The topological polar surface area (TPSA) is 70.1 Å². The van der Waals surface area contributed by atoms with Gasteiger partial charge in [0.05, 0.1) is 28.8 Å². The zero-order valence-electron chi connectivity index (χ0n) is 10.4. The van der Waals surface area contributed by atoms with Gasteiger partial charge in [0, 0.05) is 13.1 Å². The molecule has 1 aromatic rings. The fourth-order valence-electron chi connectivity index (χ4n) is 1.30. The highest BCUT2D eigenvalue weighted by atomic mass is 32.1. The molecule has 1 amide bonds. The number of carbonyl (C=O) groups excluding carboxylic acids is 1. The molecule has 1 heterocycles. The summed E-state index contributed by atoms with van der Waals surface area (Å²) in [5, 5.41) is 8.62. The van der Waals surface area contributed by atoms with Crippen molar-refractivity contribution in [3.05, 3.63) is 21.9 Å². The highest BCUT2D eigenvalue weighted by Gasteiger charge is 2.18. The predicted molar refractivity (Wildman–Crippen MR) is 72.0 cm³/mol. The van der Waals surface area contributed by atoms with Crippen LogP contribution in [0.4, 0.5) is 0 Å². The molecule has 0 aliphatic rings. The van der Waals surface area contributed by atoms with Gasteiger partial charge < -0.3 is 10.6 Å². The molecule has 0 fully saturated rings. The molecular weight excluding hydrogens is 246 g/mol. The third-order valence-electron chi connectivity index (χ3n) is 2.50. The van der Waals surface area contributed by atoms with Crippen molar-refractivity contribution < 1.29 is 4.79 Å². The quantitative estimate of drug-likeness (QED) is 0.837. The van der Waals surface area contributed by atoms with E-state index in [2.05, 4.69) is 17.9 Å². The van der Waals surface area contributed by atoms with Crippen molar-refractivity contribution in [2.24, 2.45) is 5.73 Å². The van der Waals surface area contributed by atoms with Crippen LogP contribution >= 0.6 is 11.3 Å². The highest BCUT2D eigenvalue weighted by molar-refractivity contribution is 7.14. The summed E-state index contributed by atoms with van der Waals surface area (Å²) in [7, 11) is 1.70. The average molecular weight is 261 g/mol. The number of hydrogen-bond donors (Lipinski definition) is 1. The van der Waals surface area contributed by atoms with Crippen LogP contribution in [0.2, 0.25) is 0 Å². The van der Waals surface area contributed by atoms with Crippen LogP contribution in [0.5, 0.6) is 0 Å². The smallest absolute Gasteiger partial charge is 0.263 e. The van der Waals surface area contributed by atoms with Gasteiger partial charge in [-0.3, -0.25) is 4.79 Å². The van der Waals surface area contributed by atoms with Gasteiger partial charge in [0.1, 0.15) is 0 Å². The van der Waals surface area contributed by atoms with Gasteiger partial charge in [-0.1, -0.05) is 11.8 Å². The van der Waals surface area contributed by atoms with E-state index in [9.17, 15) is 4.79 Å².